The van der Waals surface area contributed by atoms with Crippen LogP contribution in [0.4, 0.5) is 0 Å². The van der Waals surface area contributed by atoms with Crippen LogP contribution in [0.3, 0.4) is 0 Å². The molecule has 1 unspecified atom stereocenters. The van der Waals surface area contributed by atoms with Crippen LogP contribution in [0.5, 0.6) is 0 Å². The molecule has 0 aromatic carbocycles. The number of hydrogen-bond acceptors (Lipinski definition) is 3. The first-order valence-electron chi connectivity index (χ1n) is 5.41. The fraction of sp³-hybridized carbons (Fsp3) is 0.727. The van der Waals surface area contributed by atoms with Gasteiger partial charge in [-0.2, -0.15) is 5.10 Å². The summed E-state index contributed by atoms with van der Waals surface area (Å²) < 4.78 is 1.92. The SMILES string of the molecule is CCc1cc(CN(C)C(C)CO)n(C)n1. The number of aliphatic hydroxyl groups is 1. The number of rotatable bonds is 5. The topological polar surface area (TPSA) is 41.3 Å². The maximum atomic E-state index is 9.04. The molecular weight excluding hydrogens is 190 g/mol. The average Bonchev–Trinajstić information content (AvgIpc) is 2.58. The zero-order valence-corrected chi connectivity index (χ0v) is 10.1. The van der Waals surface area contributed by atoms with Gasteiger partial charge >= 0.3 is 0 Å². The van der Waals surface area contributed by atoms with E-state index in [2.05, 4.69) is 23.0 Å². The van der Waals surface area contributed by atoms with Crippen LogP contribution in [0, 0.1) is 0 Å². The Hall–Kier alpha value is -0.870. The molecule has 0 saturated heterocycles. The smallest absolute Gasteiger partial charge is 0.0625 e. The van der Waals surface area contributed by atoms with Crippen molar-refractivity contribution >= 4 is 0 Å². The van der Waals surface area contributed by atoms with Gasteiger partial charge in [-0.05, 0) is 26.5 Å². The molecule has 0 radical (unpaired) electrons. The predicted octanol–water partition coefficient (Wildman–Crippen LogP) is 0.795. The number of aromatic nitrogens is 2. The van der Waals surface area contributed by atoms with Crippen molar-refractivity contribution in [3.8, 4) is 0 Å². The highest BCUT2D eigenvalue weighted by molar-refractivity contribution is 5.10. The van der Waals surface area contributed by atoms with E-state index in [-0.39, 0.29) is 12.6 Å². The minimum Gasteiger partial charge on any atom is -0.395 e. The largest absolute Gasteiger partial charge is 0.395 e. The van der Waals surface area contributed by atoms with Crippen molar-refractivity contribution in [2.45, 2.75) is 32.9 Å². The molecular formula is C11H21N3O. The van der Waals surface area contributed by atoms with Gasteiger partial charge in [-0.25, -0.2) is 0 Å². The Bertz CT molecular complexity index is 309. The highest BCUT2D eigenvalue weighted by Gasteiger charge is 2.11. The molecule has 1 heterocycles. The summed E-state index contributed by atoms with van der Waals surface area (Å²) >= 11 is 0. The first-order chi connectivity index (χ1) is 7.08. The van der Waals surface area contributed by atoms with Crippen molar-refractivity contribution in [3.63, 3.8) is 0 Å². The minimum absolute atomic E-state index is 0.185. The van der Waals surface area contributed by atoms with Crippen molar-refractivity contribution in [1.82, 2.24) is 14.7 Å². The van der Waals surface area contributed by atoms with Crippen LogP contribution < -0.4 is 0 Å². The molecule has 0 aliphatic rings. The van der Waals surface area contributed by atoms with Crippen LogP contribution in [0.15, 0.2) is 6.07 Å². The van der Waals surface area contributed by atoms with Crippen LogP contribution in [-0.4, -0.2) is 39.5 Å². The van der Waals surface area contributed by atoms with Crippen molar-refractivity contribution in [2.24, 2.45) is 7.05 Å². The molecule has 0 bridgehead atoms. The minimum atomic E-state index is 0.185. The first-order valence-corrected chi connectivity index (χ1v) is 5.41. The standard InChI is InChI=1S/C11H21N3O/c1-5-10-6-11(14(4)12-10)7-13(3)9(2)8-15/h6,9,15H,5,7-8H2,1-4H3. The van der Waals surface area contributed by atoms with Gasteiger partial charge < -0.3 is 5.11 Å². The second-order valence-corrected chi connectivity index (χ2v) is 4.05. The normalized spacial score (nSPS) is 13.5. The van der Waals surface area contributed by atoms with Crippen LogP contribution in [0.1, 0.15) is 25.2 Å². The second-order valence-electron chi connectivity index (χ2n) is 4.05. The Morgan fingerprint density at radius 1 is 1.60 bits per heavy atom. The fourth-order valence-corrected chi connectivity index (χ4v) is 1.44. The Morgan fingerprint density at radius 2 is 2.27 bits per heavy atom. The molecule has 0 aliphatic heterocycles. The number of aliphatic hydroxyl groups excluding tert-OH is 1. The summed E-state index contributed by atoms with van der Waals surface area (Å²) in [6.07, 6.45) is 0.965. The summed E-state index contributed by atoms with van der Waals surface area (Å²) in [5.74, 6) is 0. The molecule has 1 N–H and O–H groups in total. The lowest BCUT2D eigenvalue weighted by Crippen LogP contribution is -2.32. The molecule has 0 fully saturated rings. The van der Waals surface area contributed by atoms with Gasteiger partial charge in [-0.3, -0.25) is 9.58 Å². The lowest BCUT2D eigenvalue weighted by molar-refractivity contribution is 0.151. The Balaban J connectivity index is 2.67. The molecule has 0 spiro atoms. The summed E-state index contributed by atoms with van der Waals surface area (Å²) in [5.41, 5.74) is 2.31. The van der Waals surface area contributed by atoms with E-state index in [9.17, 15) is 0 Å². The summed E-state index contributed by atoms with van der Waals surface area (Å²) in [6.45, 7) is 5.13. The third-order valence-corrected chi connectivity index (χ3v) is 2.82. The van der Waals surface area contributed by atoms with Crippen molar-refractivity contribution in [1.29, 1.82) is 0 Å². The molecule has 1 aromatic rings. The van der Waals surface area contributed by atoms with E-state index in [0.29, 0.717) is 0 Å². The van der Waals surface area contributed by atoms with Gasteiger partial charge in [0.05, 0.1) is 18.0 Å². The molecule has 15 heavy (non-hydrogen) atoms. The lowest BCUT2D eigenvalue weighted by Gasteiger charge is -2.22. The maximum absolute atomic E-state index is 9.04. The zero-order chi connectivity index (χ0) is 11.4. The fourth-order valence-electron chi connectivity index (χ4n) is 1.44. The van der Waals surface area contributed by atoms with Gasteiger partial charge in [0.1, 0.15) is 0 Å². The van der Waals surface area contributed by atoms with Gasteiger partial charge in [0.15, 0.2) is 0 Å². The first kappa shape index (κ1) is 12.2. The second kappa shape index (κ2) is 5.28. The number of nitrogens with zero attached hydrogens (tertiary/aromatic N) is 3. The molecule has 4 heteroatoms. The number of hydrogen-bond donors (Lipinski definition) is 1. The van der Waals surface area contributed by atoms with Crippen molar-refractivity contribution in [3.05, 3.63) is 17.5 Å². The van der Waals surface area contributed by atoms with Gasteiger partial charge in [-0.1, -0.05) is 6.92 Å². The van der Waals surface area contributed by atoms with E-state index in [4.69, 9.17) is 5.11 Å². The Labute approximate surface area is 91.5 Å². The molecule has 0 saturated carbocycles. The van der Waals surface area contributed by atoms with Crippen LogP contribution in [-0.2, 0) is 20.0 Å². The lowest BCUT2D eigenvalue weighted by atomic mass is 10.2. The van der Waals surface area contributed by atoms with Gasteiger partial charge in [0.2, 0.25) is 0 Å². The number of aryl methyl sites for hydroxylation is 2. The summed E-state index contributed by atoms with van der Waals surface area (Å²) in [7, 11) is 3.98. The molecule has 4 nitrogen and oxygen atoms in total. The van der Waals surface area contributed by atoms with E-state index >= 15 is 0 Å². The van der Waals surface area contributed by atoms with E-state index in [1.807, 2.05) is 25.7 Å². The summed E-state index contributed by atoms with van der Waals surface area (Å²) in [4.78, 5) is 2.12. The zero-order valence-electron chi connectivity index (χ0n) is 10.1. The molecule has 0 aliphatic carbocycles. The predicted molar refractivity (Wildman–Crippen MR) is 60.6 cm³/mol. The number of likely N-dealkylation sites (N-methyl/N-ethyl adjacent to an activating group) is 1. The van der Waals surface area contributed by atoms with Crippen molar-refractivity contribution < 1.29 is 5.11 Å². The van der Waals surface area contributed by atoms with Gasteiger partial charge in [-0.15, -0.1) is 0 Å². The van der Waals surface area contributed by atoms with E-state index in [0.717, 1.165) is 18.7 Å². The van der Waals surface area contributed by atoms with Crippen LogP contribution in [0.25, 0.3) is 0 Å². The third-order valence-electron chi connectivity index (χ3n) is 2.82. The van der Waals surface area contributed by atoms with Gasteiger partial charge in [0.25, 0.3) is 0 Å². The van der Waals surface area contributed by atoms with Gasteiger partial charge in [0, 0.05) is 19.6 Å². The van der Waals surface area contributed by atoms with E-state index in [1.54, 1.807) is 0 Å². The monoisotopic (exact) mass is 211 g/mol. The average molecular weight is 211 g/mol. The summed E-state index contributed by atoms with van der Waals surface area (Å²) in [6, 6.07) is 2.31. The van der Waals surface area contributed by atoms with Crippen LogP contribution >= 0.6 is 0 Å². The maximum Gasteiger partial charge on any atom is 0.0625 e. The van der Waals surface area contributed by atoms with E-state index in [1.165, 1.54) is 5.69 Å². The highest BCUT2D eigenvalue weighted by atomic mass is 16.3. The molecule has 1 aromatic heterocycles. The molecule has 86 valence electrons. The molecule has 1 rings (SSSR count). The third kappa shape index (κ3) is 3.04. The molecule has 1 atom stereocenters. The van der Waals surface area contributed by atoms with E-state index < -0.39 is 0 Å². The Morgan fingerprint density at radius 3 is 2.73 bits per heavy atom. The quantitative estimate of drug-likeness (QED) is 0.783. The molecule has 0 amide bonds. The summed E-state index contributed by atoms with van der Waals surface area (Å²) in [5, 5.41) is 13.4. The van der Waals surface area contributed by atoms with Crippen LogP contribution in [0.2, 0.25) is 0 Å². The van der Waals surface area contributed by atoms with Crippen molar-refractivity contribution in [2.75, 3.05) is 13.7 Å². The highest BCUT2D eigenvalue weighted by Crippen LogP contribution is 2.08. The Kier molecular flexibility index (Phi) is 4.29.